The number of hydrogen-bond donors (Lipinski definition) is 1. The molecule has 4 rings (SSSR count). The smallest absolute Gasteiger partial charge is 0.243 e. The van der Waals surface area contributed by atoms with Crippen LogP contribution in [0.2, 0.25) is 0 Å². The first-order valence-corrected chi connectivity index (χ1v) is 9.53. The van der Waals surface area contributed by atoms with Crippen molar-refractivity contribution in [2.24, 2.45) is 5.92 Å². The van der Waals surface area contributed by atoms with Gasteiger partial charge in [-0.2, -0.15) is 5.10 Å². The predicted molar refractivity (Wildman–Crippen MR) is 109 cm³/mol. The van der Waals surface area contributed by atoms with Gasteiger partial charge in [0.2, 0.25) is 5.91 Å². The van der Waals surface area contributed by atoms with Crippen molar-refractivity contribution in [2.45, 2.75) is 13.1 Å². The fourth-order valence-corrected chi connectivity index (χ4v) is 3.31. The average molecular weight is 391 g/mol. The lowest BCUT2D eigenvalue weighted by atomic mass is 9.97. The Bertz CT molecular complexity index is 1020. The van der Waals surface area contributed by atoms with Crippen LogP contribution < -0.4 is 5.32 Å². The van der Waals surface area contributed by atoms with Crippen molar-refractivity contribution >= 4 is 5.91 Å². The molecule has 1 saturated heterocycles. The van der Waals surface area contributed by atoms with Crippen LogP contribution in [0.5, 0.6) is 0 Å². The largest absolute Gasteiger partial charge is 0.381 e. The van der Waals surface area contributed by atoms with Gasteiger partial charge in [0.1, 0.15) is 5.82 Å². The van der Waals surface area contributed by atoms with E-state index in [0.29, 0.717) is 12.5 Å². The van der Waals surface area contributed by atoms with E-state index in [4.69, 9.17) is 9.84 Å². The van der Waals surface area contributed by atoms with Crippen molar-refractivity contribution in [1.29, 1.82) is 0 Å². The zero-order valence-corrected chi connectivity index (χ0v) is 16.0. The van der Waals surface area contributed by atoms with E-state index in [-0.39, 0.29) is 11.7 Å². The minimum atomic E-state index is -0.267. The molecule has 6 heteroatoms. The number of halogens is 1. The maximum atomic E-state index is 13.3. The van der Waals surface area contributed by atoms with Gasteiger partial charge < -0.3 is 10.1 Å². The third-order valence-corrected chi connectivity index (χ3v) is 4.99. The van der Waals surface area contributed by atoms with Gasteiger partial charge in [-0.3, -0.25) is 9.48 Å². The van der Waals surface area contributed by atoms with Crippen molar-refractivity contribution in [3.05, 3.63) is 78.8 Å². The van der Waals surface area contributed by atoms with Crippen molar-refractivity contribution in [2.75, 3.05) is 13.2 Å². The molecule has 1 aliphatic rings. The van der Waals surface area contributed by atoms with E-state index in [1.54, 1.807) is 12.1 Å². The summed E-state index contributed by atoms with van der Waals surface area (Å²) in [5.74, 6) is 0.00479. The van der Waals surface area contributed by atoms with E-state index in [1.807, 2.05) is 35.1 Å². The Hall–Kier alpha value is -3.25. The molecule has 3 aromatic rings. The van der Waals surface area contributed by atoms with E-state index in [0.717, 1.165) is 47.7 Å². The Balaban J connectivity index is 1.67. The van der Waals surface area contributed by atoms with Crippen LogP contribution in [0.25, 0.3) is 22.4 Å². The number of carbonyl (C=O) groups excluding carboxylic acids is 1. The molecule has 0 saturated carbocycles. The Morgan fingerprint density at radius 1 is 1.21 bits per heavy atom. The molecule has 5 nitrogen and oxygen atoms in total. The maximum absolute atomic E-state index is 13.3. The van der Waals surface area contributed by atoms with Crippen molar-refractivity contribution in [3.63, 3.8) is 0 Å². The molecule has 0 unspecified atom stereocenters. The molecule has 2 aromatic carbocycles. The first-order chi connectivity index (χ1) is 14.1. The number of hydrogen-bond acceptors (Lipinski definition) is 3. The lowest BCUT2D eigenvalue weighted by Gasteiger charge is -2.25. The minimum Gasteiger partial charge on any atom is -0.381 e. The summed E-state index contributed by atoms with van der Waals surface area (Å²) in [5, 5.41) is 7.55. The number of carbonyl (C=O) groups is 1. The molecule has 29 heavy (non-hydrogen) atoms. The predicted octanol–water partition coefficient (Wildman–Crippen LogP) is 3.80. The van der Waals surface area contributed by atoms with Gasteiger partial charge in [0, 0.05) is 30.8 Å². The summed E-state index contributed by atoms with van der Waals surface area (Å²) in [6, 6.07) is 14.3. The number of aromatic nitrogens is 2. The number of nitrogens with zero attached hydrogens (tertiary/aromatic N) is 2. The number of ether oxygens (including phenoxy) is 1. The third-order valence-electron chi connectivity index (χ3n) is 4.99. The van der Waals surface area contributed by atoms with Crippen LogP contribution in [0, 0.1) is 11.7 Å². The van der Waals surface area contributed by atoms with Gasteiger partial charge in [-0.15, -0.1) is 0 Å². The first-order valence-electron chi connectivity index (χ1n) is 9.53. The van der Waals surface area contributed by atoms with E-state index in [2.05, 4.69) is 11.9 Å². The molecular formula is C23H22FN3O2. The third kappa shape index (κ3) is 4.43. The van der Waals surface area contributed by atoms with Crippen LogP contribution in [0.3, 0.4) is 0 Å². The fraction of sp³-hybridized carbons (Fsp3) is 0.217. The van der Waals surface area contributed by atoms with Crippen molar-refractivity contribution in [1.82, 2.24) is 15.1 Å². The van der Waals surface area contributed by atoms with Gasteiger partial charge in [0.15, 0.2) is 0 Å². The topological polar surface area (TPSA) is 56.2 Å². The SMILES string of the molecule is C=CC(=O)NCc1ccc(-c2ccc(F)cc2)cc1-c1ccn(CC2COC2)n1. The Kier molecular flexibility index (Phi) is 5.53. The van der Waals surface area contributed by atoms with Gasteiger partial charge in [0.05, 0.1) is 18.9 Å². The van der Waals surface area contributed by atoms with E-state index < -0.39 is 0 Å². The summed E-state index contributed by atoms with van der Waals surface area (Å²) in [4.78, 5) is 11.6. The second-order valence-corrected chi connectivity index (χ2v) is 7.13. The molecule has 1 aromatic heterocycles. The molecule has 1 fully saturated rings. The van der Waals surface area contributed by atoms with Crippen molar-refractivity contribution in [3.8, 4) is 22.4 Å². The number of amides is 1. The lowest BCUT2D eigenvalue weighted by molar-refractivity contribution is -0.116. The molecule has 148 valence electrons. The maximum Gasteiger partial charge on any atom is 0.243 e. The van der Waals surface area contributed by atoms with Crippen LogP contribution in [0.15, 0.2) is 67.4 Å². The van der Waals surface area contributed by atoms with Crippen molar-refractivity contribution < 1.29 is 13.9 Å². The summed E-state index contributed by atoms with van der Waals surface area (Å²) in [5.41, 5.74) is 4.58. The summed E-state index contributed by atoms with van der Waals surface area (Å²) in [7, 11) is 0. The Morgan fingerprint density at radius 3 is 2.66 bits per heavy atom. The highest BCUT2D eigenvalue weighted by Gasteiger charge is 2.19. The fourth-order valence-electron chi connectivity index (χ4n) is 3.31. The minimum absolute atomic E-state index is 0.228. The highest BCUT2D eigenvalue weighted by atomic mass is 19.1. The lowest BCUT2D eigenvalue weighted by Crippen LogP contribution is -2.31. The second kappa shape index (κ2) is 8.41. The summed E-state index contributed by atoms with van der Waals surface area (Å²) < 4.78 is 20.5. The molecule has 0 radical (unpaired) electrons. The van der Waals surface area contributed by atoms with Gasteiger partial charge in [-0.1, -0.05) is 30.8 Å². The molecule has 2 heterocycles. The molecular weight excluding hydrogens is 369 g/mol. The van der Waals surface area contributed by atoms with Crippen LogP contribution in [-0.4, -0.2) is 28.9 Å². The standard InChI is InChI=1S/C23H22FN3O2/c1-2-23(28)25-12-19-4-3-18(17-5-7-20(24)8-6-17)11-21(19)22-9-10-27(26-22)13-16-14-29-15-16/h2-11,16H,1,12-15H2,(H,25,28). The number of benzene rings is 2. The van der Waals surface area contributed by atoms with Gasteiger partial charge >= 0.3 is 0 Å². The first kappa shape index (κ1) is 19.1. The summed E-state index contributed by atoms with van der Waals surface area (Å²) >= 11 is 0. The summed E-state index contributed by atoms with van der Waals surface area (Å²) in [6.07, 6.45) is 3.21. The molecule has 1 N–H and O–H groups in total. The Labute approximate surface area is 168 Å². The zero-order chi connectivity index (χ0) is 20.2. The Morgan fingerprint density at radius 2 is 1.97 bits per heavy atom. The second-order valence-electron chi connectivity index (χ2n) is 7.13. The van der Waals surface area contributed by atoms with E-state index in [9.17, 15) is 9.18 Å². The monoisotopic (exact) mass is 391 g/mol. The zero-order valence-electron chi connectivity index (χ0n) is 16.0. The van der Waals surface area contributed by atoms with Crippen LogP contribution in [0.4, 0.5) is 4.39 Å². The van der Waals surface area contributed by atoms with Gasteiger partial charge in [0.25, 0.3) is 0 Å². The molecule has 0 atom stereocenters. The molecule has 1 aliphatic heterocycles. The highest BCUT2D eigenvalue weighted by Crippen LogP contribution is 2.29. The van der Waals surface area contributed by atoms with E-state index >= 15 is 0 Å². The summed E-state index contributed by atoms with van der Waals surface area (Å²) in [6.45, 7) is 6.22. The molecule has 0 spiro atoms. The number of rotatable bonds is 7. The normalized spacial score (nSPS) is 13.7. The highest BCUT2D eigenvalue weighted by molar-refractivity contribution is 5.87. The van der Waals surface area contributed by atoms with Crippen LogP contribution >= 0.6 is 0 Å². The van der Waals surface area contributed by atoms with E-state index in [1.165, 1.54) is 18.2 Å². The number of nitrogens with one attached hydrogen (secondary N) is 1. The average Bonchev–Trinajstić information content (AvgIpc) is 3.18. The quantitative estimate of drug-likeness (QED) is 0.623. The molecule has 0 aliphatic carbocycles. The molecule has 1 amide bonds. The van der Waals surface area contributed by atoms with Crippen LogP contribution in [-0.2, 0) is 22.6 Å². The van der Waals surface area contributed by atoms with Gasteiger partial charge in [-0.05, 0) is 47.0 Å². The van der Waals surface area contributed by atoms with Crippen LogP contribution in [0.1, 0.15) is 5.56 Å². The van der Waals surface area contributed by atoms with Gasteiger partial charge in [-0.25, -0.2) is 4.39 Å². The molecule has 0 bridgehead atoms.